The van der Waals surface area contributed by atoms with Gasteiger partial charge in [-0.1, -0.05) is 35.9 Å². The first kappa shape index (κ1) is 11.5. The third kappa shape index (κ3) is 2.09. The van der Waals surface area contributed by atoms with E-state index in [-0.39, 0.29) is 5.56 Å². The van der Waals surface area contributed by atoms with Gasteiger partial charge in [0.25, 0.3) is 0 Å². The van der Waals surface area contributed by atoms with Gasteiger partial charge in [0.15, 0.2) is 17.9 Å². The molecule has 17 heavy (non-hydrogen) atoms. The summed E-state index contributed by atoms with van der Waals surface area (Å²) in [4.78, 5) is 10.9. The van der Waals surface area contributed by atoms with Gasteiger partial charge in [0.05, 0.1) is 0 Å². The largest absolute Gasteiger partial charge is 0.298 e. The minimum Gasteiger partial charge on any atom is -0.298 e. The molecule has 0 spiro atoms. The van der Waals surface area contributed by atoms with Crippen LogP contribution in [0.5, 0.6) is 0 Å². The number of aryl methyl sites for hydroxylation is 1. The number of rotatable bonds is 2. The lowest BCUT2D eigenvalue weighted by Crippen LogP contribution is -1.94. The van der Waals surface area contributed by atoms with Crippen molar-refractivity contribution in [3.63, 3.8) is 0 Å². The summed E-state index contributed by atoms with van der Waals surface area (Å²) in [7, 11) is 0. The van der Waals surface area contributed by atoms with Gasteiger partial charge >= 0.3 is 0 Å². The SMILES string of the molecule is Cc1ccc(C=O)c(-c2cccc(F)c2F)c1. The van der Waals surface area contributed by atoms with E-state index in [2.05, 4.69) is 0 Å². The molecule has 0 fully saturated rings. The third-order valence-electron chi connectivity index (χ3n) is 2.58. The maximum Gasteiger partial charge on any atom is 0.166 e. The minimum absolute atomic E-state index is 0.107. The summed E-state index contributed by atoms with van der Waals surface area (Å²) >= 11 is 0. The number of aldehydes is 1. The number of carbonyl (C=O) groups excluding carboxylic acids is 1. The molecular weight excluding hydrogens is 222 g/mol. The van der Waals surface area contributed by atoms with E-state index in [1.165, 1.54) is 12.1 Å². The number of hydrogen-bond acceptors (Lipinski definition) is 1. The molecule has 0 N–H and O–H groups in total. The van der Waals surface area contributed by atoms with E-state index >= 15 is 0 Å². The van der Waals surface area contributed by atoms with Crippen LogP contribution >= 0.6 is 0 Å². The molecule has 3 heteroatoms. The smallest absolute Gasteiger partial charge is 0.166 e. The highest BCUT2D eigenvalue weighted by atomic mass is 19.2. The van der Waals surface area contributed by atoms with E-state index in [0.717, 1.165) is 11.6 Å². The van der Waals surface area contributed by atoms with Crippen molar-refractivity contribution in [1.82, 2.24) is 0 Å². The van der Waals surface area contributed by atoms with Gasteiger partial charge in [0.1, 0.15) is 0 Å². The van der Waals surface area contributed by atoms with Crippen molar-refractivity contribution in [1.29, 1.82) is 0 Å². The molecule has 0 aliphatic rings. The van der Waals surface area contributed by atoms with Gasteiger partial charge in [0, 0.05) is 11.1 Å². The first-order valence-corrected chi connectivity index (χ1v) is 5.13. The fraction of sp³-hybridized carbons (Fsp3) is 0.0714. The molecule has 2 aromatic carbocycles. The van der Waals surface area contributed by atoms with E-state index in [1.807, 2.05) is 6.92 Å². The molecule has 0 bridgehead atoms. The molecule has 86 valence electrons. The first-order chi connectivity index (χ1) is 8.13. The van der Waals surface area contributed by atoms with Crippen LogP contribution in [0.3, 0.4) is 0 Å². The highest BCUT2D eigenvalue weighted by Crippen LogP contribution is 2.27. The first-order valence-electron chi connectivity index (χ1n) is 5.13. The van der Waals surface area contributed by atoms with Crippen molar-refractivity contribution in [2.75, 3.05) is 0 Å². The molecule has 2 rings (SSSR count). The molecule has 2 aromatic rings. The lowest BCUT2D eigenvalue weighted by molar-refractivity contribution is 0.112. The van der Waals surface area contributed by atoms with Crippen LogP contribution in [0, 0.1) is 18.6 Å². The molecule has 1 nitrogen and oxygen atoms in total. The van der Waals surface area contributed by atoms with E-state index in [1.54, 1.807) is 18.2 Å². The van der Waals surface area contributed by atoms with Gasteiger partial charge in [-0.15, -0.1) is 0 Å². The second kappa shape index (κ2) is 4.45. The van der Waals surface area contributed by atoms with Gasteiger partial charge in [-0.3, -0.25) is 4.79 Å². The molecule has 0 aliphatic carbocycles. The van der Waals surface area contributed by atoms with Gasteiger partial charge in [-0.2, -0.15) is 0 Å². The van der Waals surface area contributed by atoms with Crippen molar-refractivity contribution in [2.45, 2.75) is 6.92 Å². The van der Waals surface area contributed by atoms with Gasteiger partial charge in [-0.05, 0) is 18.6 Å². The minimum atomic E-state index is -0.929. The highest BCUT2D eigenvalue weighted by Gasteiger charge is 2.12. The fourth-order valence-electron chi connectivity index (χ4n) is 1.72. The standard InChI is InChI=1S/C14H10F2O/c1-9-5-6-10(8-17)12(7-9)11-3-2-4-13(15)14(11)16/h2-8H,1H3. The molecule has 0 saturated heterocycles. The predicted octanol–water partition coefficient (Wildman–Crippen LogP) is 3.75. The van der Waals surface area contributed by atoms with Crippen LogP contribution in [0.1, 0.15) is 15.9 Å². The Hall–Kier alpha value is -2.03. The van der Waals surface area contributed by atoms with Crippen molar-refractivity contribution in [3.8, 4) is 11.1 Å². The topological polar surface area (TPSA) is 17.1 Å². The average Bonchev–Trinajstić information content (AvgIpc) is 2.33. The molecule has 0 atom stereocenters. The Morgan fingerprint density at radius 3 is 2.53 bits per heavy atom. The van der Waals surface area contributed by atoms with Crippen molar-refractivity contribution in [3.05, 3.63) is 59.2 Å². The van der Waals surface area contributed by atoms with Crippen molar-refractivity contribution < 1.29 is 13.6 Å². The molecule has 0 amide bonds. The van der Waals surface area contributed by atoms with Crippen LogP contribution in [0.15, 0.2) is 36.4 Å². The van der Waals surface area contributed by atoms with Gasteiger partial charge < -0.3 is 0 Å². The van der Waals surface area contributed by atoms with Crippen LogP contribution in [0.25, 0.3) is 11.1 Å². The zero-order valence-corrected chi connectivity index (χ0v) is 9.21. The maximum atomic E-state index is 13.6. The Morgan fingerprint density at radius 2 is 1.82 bits per heavy atom. The maximum absolute atomic E-state index is 13.6. The van der Waals surface area contributed by atoms with Gasteiger partial charge in [0.2, 0.25) is 0 Å². The quantitative estimate of drug-likeness (QED) is 0.720. The van der Waals surface area contributed by atoms with E-state index in [9.17, 15) is 13.6 Å². The summed E-state index contributed by atoms with van der Waals surface area (Å²) in [6.45, 7) is 1.83. The van der Waals surface area contributed by atoms with Gasteiger partial charge in [-0.25, -0.2) is 8.78 Å². The van der Waals surface area contributed by atoms with Crippen molar-refractivity contribution in [2.24, 2.45) is 0 Å². The zero-order valence-electron chi connectivity index (χ0n) is 9.21. The Bertz CT molecular complexity index is 576. The Kier molecular flexibility index (Phi) is 3.00. The molecule has 0 radical (unpaired) electrons. The Morgan fingerprint density at radius 1 is 1.06 bits per heavy atom. The summed E-state index contributed by atoms with van der Waals surface area (Å²) in [5.74, 6) is -1.85. The van der Waals surface area contributed by atoms with Crippen LogP contribution in [0.2, 0.25) is 0 Å². The Labute approximate surface area is 97.7 Å². The number of carbonyl (C=O) groups is 1. The van der Waals surface area contributed by atoms with Crippen LogP contribution in [-0.2, 0) is 0 Å². The third-order valence-corrected chi connectivity index (χ3v) is 2.58. The van der Waals surface area contributed by atoms with Crippen LogP contribution < -0.4 is 0 Å². The predicted molar refractivity (Wildman–Crippen MR) is 61.9 cm³/mol. The lowest BCUT2D eigenvalue weighted by Gasteiger charge is -2.08. The highest BCUT2D eigenvalue weighted by molar-refractivity contribution is 5.88. The normalized spacial score (nSPS) is 10.3. The van der Waals surface area contributed by atoms with Crippen molar-refractivity contribution >= 4 is 6.29 Å². The van der Waals surface area contributed by atoms with E-state index in [4.69, 9.17) is 0 Å². The molecule has 0 heterocycles. The van der Waals surface area contributed by atoms with Crippen LogP contribution in [0.4, 0.5) is 8.78 Å². The molecule has 0 saturated carbocycles. The van der Waals surface area contributed by atoms with E-state index < -0.39 is 11.6 Å². The second-order valence-corrected chi connectivity index (χ2v) is 3.81. The molecule has 0 aliphatic heterocycles. The summed E-state index contributed by atoms with van der Waals surface area (Å²) < 4.78 is 26.8. The zero-order chi connectivity index (χ0) is 12.4. The number of hydrogen-bond donors (Lipinski definition) is 0. The summed E-state index contributed by atoms with van der Waals surface area (Å²) in [5.41, 5.74) is 1.75. The van der Waals surface area contributed by atoms with E-state index in [0.29, 0.717) is 17.4 Å². The average molecular weight is 232 g/mol. The van der Waals surface area contributed by atoms with Crippen LogP contribution in [-0.4, -0.2) is 6.29 Å². The summed E-state index contributed by atoms with van der Waals surface area (Å²) in [6, 6.07) is 8.95. The summed E-state index contributed by atoms with van der Waals surface area (Å²) in [6.07, 6.45) is 0.638. The number of halogens is 2. The molecule has 0 unspecified atom stereocenters. The molecule has 0 aromatic heterocycles. The fourth-order valence-corrected chi connectivity index (χ4v) is 1.72. The Balaban J connectivity index is 2.71. The number of benzene rings is 2. The summed E-state index contributed by atoms with van der Waals surface area (Å²) in [5, 5.41) is 0. The molecular formula is C14H10F2O. The second-order valence-electron chi connectivity index (χ2n) is 3.81. The monoisotopic (exact) mass is 232 g/mol. The lowest BCUT2D eigenvalue weighted by atomic mass is 9.98.